The number of carbonyl (C=O) groups is 1. The van der Waals surface area contributed by atoms with Gasteiger partial charge in [-0.2, -0.15) is 0 Å². The van der Waals surface area contributed by atoms with Crippen molar-refractivity contribution in [2.24, 2.45) is 0 Å². The van der Waals surface area contributed by atoms with Gasteiger partial charge in [0, 0.05) is 35.9 Å². The lowest BCUT2D eigenvalue weighted by atomic mass is 9.76. The number of fused-ring (bicyclic) bond motifs is 1. The maximum absolute atomic E-state index is 14.2. The number of hydrogen-bond acceptors (Lipinski definition) is 1. The van der Waals surface area contributed by atoms with Gasteiger partial charge in [0.15, 0.2) is 0 Å². The third kappa shape index (κ3) is 3.24. The van der Waals surface area contributed by atoms with E-state index in [4.69, 9.17) is 0 Å². The minimum absolute atomic E-state index is 0.260. The Morgan fingerprint density at radius 3 is 2.42 bits per heavy atom. The van der Waals surface area contributed by atoms with Crippen molar-refractivity contribution < 1.29 is 18.0 Å². The van der Waals surface area contributed by atoms with Gasteiger partial charge in [0.2, 0.25) is 5.92 Å². The van der Waals surface area contributed by atoms with Gasteiger partial charge in [-0.15, -0.1) is 0 Å². The molecule has 1 aliphatic carbocycles. The summed E-state index contributed by atoms with van der Waals surface area (Å²) in [6, 6.07) is 10.9. The number of aromatic nitrogens is 1. The second kappa shape index (κ2) is 6.09. The first-order valence-electron chi connectivity index (χ1n) is 8.22. The van der Waals surface area contributed by atoms with E-state index in [9.17, 15) is 18.0 Å². The Kier molecular flexibility index (Phi) is 3.86. The van der Waals surface area contributed by atoms with Crippen molar-refractivity contribution in [1.29, 1.82) is 0 Å². The summed E-state index contributed by atoms with van der Waals surface area (Å²) in [5.41, 5.74) is 2.00. The van der Waals surface area contributed by atoms with E-state index >= 15 is 0 Å². The number of amides is 2. The van der Waals surface area contributed by atoms with Crippen molar-refractivity contribution in [3.8, 4) is 0 Å². The average molecular weight is 359 g/mol. The Balaban J connectivity index is 1.41. The highest BCUT2D eigenvalue weighted by molar-refractivity contribution is 6.00. The summed E-state index contributed by atoms with van der Waals surface area (Å²) >= 11 is 0. The molecule has 1 aliphatic rings. The maximum Gasteiger partial charge on any atom is 0.323 e. The van der Waals surface area contributed by atoms with E-state index in [0.29, 0.717) is 5.69 Å². The first kappa shape index (κ1) is 16.5. The molecular weight excluding hydrogens is 343 g/mol. The van der Waals surface area contributed by atoms with E-state index in [0.717, 1.165) is 17.0 Å². The van der Waals surface area contributed by atoms with Crippen molar-refractivity contribution in [3.05, 3.63) is 60.0 Å². The molecule has 0 aliphatic heterocycles. The van der Waals surface area contributed by atoms with E-state index in [1.54, 1.807) is 18.3 Å². The van der Waals surface area contributed by atoms with Crippen molar-refractivity contribution in [2.75, 3.05) is 10.6 Å². The summed E-state index contributed by atoms with van der Waals surface area (Å²) in [4.78, 5) is 15.1. The molecule has 1 saturated carbocycles. The summed E-state index contributed by atoms with van der Waals surface area (Å²) in [6.45, 7) is 0. The Hall–Kier alpha value is -2.96. The molecular formula is C19H16F3N3O. The molecule has 134 valence electrons. The summed E-state index contributed by atoms with van der Waals surface area (Å²) in [6.07, 6.45) is 1.13. The molecule has 1 fully saturated rings. The predicted octanol–water partition coefficient (Wildman–Crippen LogP) is 5.46. The van der Waals surface area contributed by atoms with Gasteiger partial charge in [0.05, 0.1) is 0 Å². The van der Waals surface area contributed by atoms with Crippen molar-refractivity contribution in [2.45, 2.75) is 24.7 Å². The second-order valence-electron chi connectivity index (χ2n) is 6.56. The van der Waals surface area contributed by atoms with Gasteiger partial charge < -0.3 is 15.6 Å². The smallest absolute Gasteiger partial charge is 0.323 e. The first-order chi connectivity index (χ1) is 12.4. The van der Waals surface area contributed by atoms with E-state index < -0.39 is 23.7 Å². The fourth-order valence-electron chi connectivity index (χ4n) is 3.24. The lowest BCUT2D eigenvalue weighted by molar-refractivity contribution is -0.0873. The summed E-state index contributed by atoms with van der Waals surface area (Å²) in [7, 11) is 0. The van der Waals surface area contributed by atoms with Gasteiger partial charge in [-0.1, -0.05) is 12.1 Å². The third-order valence-corrected chi connectivity index (χ3v) is 4.60. The molecule has 0 radical (unpaired) electrons. The molecule has 0 unspecified atom stereocenters. The molecule has 26 heavy (non-hydrogen) atoms. The molecule has 1 heterocycles. The molecule has 0 bridgehead atoms. The van der Waals surface area contributed by atoms with E-state index in [-0.39, 0.29) is 24.1 Å². The summed E-state index contributed by atoms with van der Waals surface area (Å²) in [5, 5.41) is 6.24. The number of halogens is 3. The molecule has 3 aromatic rings. The minimum atomic E-state index is -2.70. The van der Waals surface area contributed by atoms with Crippen LogP contribution in [0.15, 0.2) is 48.7 Å². The number of rotatable bonds is 3. The largest absolute Gasteiger partial charge is 0.361 e. The second-order valence-corrected chi connectivity index (χ2v) is 6.56. The topological polar surface area (TPSA) is 56.9 Å². The Morgan fingerprint density at radius 1 is 1.04 bits per heavy atom. The van der Waals surface area contributed by atoms with Crippen LogP contribution in [0.25, 0.3) is 10.9 Å². The summed E-state index contributed by atoms with van der Waals surface area (Å²) < 4.78 is 40.1. The van der Waals surface area contributed by atoms with E-state index in [2.05, 4.69) is 15.6 Å². The van der Waals surface area contributed by atoms with Crippen LogP contribution in [0, 0.1) is 5.82 Å². The fraction of sp³-hybridized carbons (Fsp3) is 0.211. The van der Waals surface area contributed by atoms with Crippen LogP contribution in [0.2, 0.25) is 0 Å². The zero-order valence-corrected chi connectivity index (χ0v) is 13.7. The molecule has 2 amide bonds. The maximum atomic E-state index is 14.2. The van der Waals surface area contributed by atoms with Gasteiger partial charge in [0.25, 0.3) is 0 Å². The Morgan fingerprint density at radius 2 is 1.73 bits per heavy atom. The van der Waals surface area contributed by atoms with Crippen molar-refractivity contribution >= 4 is 28.3 Å². The molecule has 1 aromatic heterocycles. The van der Waals surface area contributed by atoms with Crippen molar-refractivity contribution in [3.63, 3.8) is 0 Å². The molecule has 4 rings (SSSR count). The Bertz CT molecular complexity index is 975. The standard InChI is InChI=1S/C19H16F3N3O/c20-16-7-13(3-4-15(16)12-9-19(21,22)10-12)24-18(26)25-14-2-1-11-5-6-23-17(11)8-14/h1-8,12,23H,9-10H2,(H2,24,25,26). The quantitative estimate of drug-likeness (QED) is 0.571. The predicted molar refractivity (Wildman–Crippen MR) is 94.3 cm³/mol. The average Bonchev–Trinajstić information content (AvgIpc) is 3.00. The number of anilines is 2. The van der Waals surface area contributed by atoms with Gasteiger partial charge in [-0.25, -0.2) is 18.0 Å². The lowest BCUT2D eigenvalue weighted by Gasteiger charge is -2.35. The number of hydrogen-bond donors (Lipinski definition) is 3. The number of carbonyl (C=O) groups excluding carboxylic acids is 1. The van der Waals surface area contributed by atoms with Crippen LogP contribution in [0.5, 0.6) is 0 Å². The molecule has 0 spiro atoms. The number of urea groups is 1. The van der Waals surface area contributed by atoms with Gasteiger partial charge in [0.1, 0.15) is 5.82 Å². The van der Waals surface area contributed by atoms with Crippen molar-refractivity contribution in [1.82, 2.24) is 4.98 Å². The molecule has 4 nitrogen and oxygen atoms in total. The molecule has 3 N–H and O–H groups in total. The van der Waals surface area contributed by atoms with Crippen LogP contribution in [-0.2, 0) is 0 Å². The van der Waals surface area contributed by atoms with Gasteiger partial charge in [-0.05, 0) is 47.2 Å². The molecule has 7 heteroatoms. The van der Waals surface area contributed by atoms with Crippen LogP contribution < -0.4 is 10.6 Å². The monoisotopic (exact) mass is 359 g/mol. The van der Waals surface area contributed by atoms with Gasteiger partial charge >= 0.3 is 6.03 Å². The number of benzene rings is 2. The highest BCUT2D eigenvalue weighted by Crippen LogP contribution is 2.48. The van der Waals surface area contributed by atoms with E-state index in [1.807, 2.05) is 12.1 Å². The SMILES string of the molecule is O=C(Nc1ccc(C2CC(F)(F)C2)c(F)c1)Nc1ccc2cc[nH]c2c1. The third-order valence-electron chi connectivity index (χ3n) is 4.60. The minimum Gasteiger partial charge on any atom is -0.361 e. The van der Waals surface area contributed by atoms with Gasteiger partial charge in [-0.3, -0.25) is 0 Å². The zero-order chi connectivity index (χ0) is 18.3. The number of aromatic amines is 1. The summed E-state index contributed by atoms with van der Waals surface area (Å²) in [5.74, 6) is -3.76. The normalized spacial score (nSPS) is 16.3. The van der Waals surface area contributed by atoms with Crippen LogP contribution >= 0.6 is 0 Å². The van der Waals surface area contributed by atoms with Crippen LogP contribution in [0.1, 0.15) is 24.3 Å². The van der Waals surface area contributed by atoms with E-state index in [1.165, 1.54) is 12.1 Å². The highest BCUT2D eigenvalue weighted by Gasteiger charge is 2.46. The molecule has 2 aromatic carbocycles. The number of alkyl halides is 2. The number of H-pyrrole nitrogens is 1. The highest BCUT2D eigenvalue weighted by atomic mass is 19.3. The zero-order valence-electron chi connectivity index (χ0n) is 13.7. The van der Waals surface area contributed by atoms with Crippen LogP contribution in [0.4, 0.5) is 29.3 Å². The number of nitrogens with one attached hydrogen (secondary N) is 3. The Labute approximate surface area is 147 Å². The fourth-order valence-corrected chi connectivity index (χ4v) is 3.24. The van der Waals surface area contributed by atoms with Crippen LogP contribution in [0.3, 0.4) is 0 Å². The van der Waals surface area contributed by atoms with Crippen LogP contribution in [-0.4, -0.2) is 16.9 Å². The molecule has 0 atom stereocenters. The lowest BCUT2D eigenvalue weighted by Crippen LogP contribution is -2.34. The molecule has 0 saturated heterocycles. The first-order valence-corrected chi connectivity index (χ1v) is 8.22.